The first kappa shape index (κ1) is 29.8. The molecule has 0 amide bonds. The standard InChI is InChI=1S/C48H31N3O2/c1-28-12-9-20-37-43-33(19-10-23-41(43)53-45(28)37)31-24-25-36-42(27-31)52-40-22-11-21-38(44(36)40)47-49-46(29-13-3-2-4-14-29)50-48(51-47)39-26-30-15-5-6-16-32(30)34-17-7-8-18-35(34)39/h2-11,13-28H,12H2,1H3. The lowest BCUT2D eigenvalue weighted by Crippen LogP contribution is -2.01. The minimum Gasteiger partial charge on any atom is -0.460 e. The van der Waals surface area contributed by atoms with E-state index >= 15 is 0 Å². The Morgan fingerprint density at radius 3 is 2.04 bits per heavy atom. The number of fused-ring (bicyclic) bond motifs is 9. The molecule has 7 aromatic carbocycles. The van der Waals surface area contributed by atoms with E-state index in [9.17, 15) is 0 Å². The Labute approximate surface area is 304 Å². The van der Waals surface area contributed by atoms with Gasteiger partial charge in [0.1, 0.15) is 22.5 Å². The number of rotatable bonds is 4. The Balaban J connectivity index is 1.12. The van der Waals surface area contributed by atoms with Crippen LogP contribution in [-0.4, -0.2) is 15.0 Å². The van der Waals surface area contributed by atoms with Gasteiger partial charge in [0.25, 0.3) is 0 Å². The van der Waals surface area contributed by atoms with Gasteiger partial charge in [-0.25, -0.2) is 15.0 Å². The molecular formula is C48H31N3O2. The zero-order valence-electron chi connectivity index (χ0n) is 28.9. The lowest BCUT2D eigenvalue weighted by Gasteiger charge is -2.13. The molecule has 5 heteroatoms. The van der Waals surface area contributed by atoms with Crippen LogP contribution >= 0.6 is 0 Å². The molecule has 1 atom stereocenters. The highest BCUT2D eigenvalue weighted by Crippen LogP contribution is 2.44. The smallest absolute Gasteiger partial charge is 0.164 e. The molecule has 11 rings (SSSR count). The lowest BCUT2D eigenvalue weighted by atomic mass is 9.91. The summed E-state index contributed by atoms with van der Waals surface area (Å²) < 4.78 is 13.0. The maximum atomic E-state index is 6.63. The number of nitrogens with zero attached hydrogens (tertiary/aromatic N) is 3. The fourth-order valence-electron chi connectivity index (χ4n) is 8.21. The molecule has 0 bridgehead atoms. The monoisotopic (exact) mass is 681 g/mol. The first-order valence-electron chi connectivity index (χ1n) is 18.1. The number of benzene rings is 7. The van der Waals surface area contributed by atoms with Gasteiger partial charge in [0.15, 0.2) is 17.5 Å². The highest BCUT2D eigenvalue weighted by Gasteiger charge is 2.24. The lowest BCUT2D eigenvalue weighted by molar-refractivity contribution is 0.504. The van der Waals surface area contributed by atoms with Gasteiger partial charge in [-0.15, -0.1) is 0 Å². The molecule has 250 valence electrons. The van der Waals surface area contributed by atoms with Crippen molar-refractivity contribution in [2.24, 2.45) is 0 Å². The third-order valence-electron chi connectivity index (χ3n) is 10.7. The second-order valence-corrected chi connectivity index (χ2v) is 14.0. The van der Waals surface area contributed by atoms with Crippen molar-refractivity contribution in [3.63, 3.8) is 0 Å². The second-order valence-electron chi connectivity index (χ2n) is 14.0. The summed E-state index contributed by atoms with van der Waals surface area (Å²) in [5, 5.41) is 7.74. The van der Waals surface area contributed by atoms with Gasteiger partial charge >= 0.3 is 0 Å². The van der Waals surface area contributed by atoms with Crippen molar-refractivity contribution in [1.29, 1.82) is 0 Å². The second kappa shape index (κ2) is 11.6. The molecule has 1 unspecified atom stereocenters. The zero-order chi connectivity index (χ0) is 35.0. The molecule has 0 radical (unpaired) electrons. The zero-order valence-corrected chi connectivity index (χ0v) is 28.9. The average Bonchev–Trinajstić information content (AvgIpc) is 3.80. The molecule has 0 aliphatic heterocycles. The molecule has 0 saturated heterocycles. The first-order chi connectivity index (χ1) is 26.2. The van der Waals surface area contributed by atoms with Gasteiger partial charge in [0.05, 0.1) is 0 Å². The molecule has 0 fully saturated rings. The van der Waals surface area contributed by atoms with E-state index in [-0.39, 0.29) is 0 Å². The molecule has 3 aromatic heterocycles. The third-order valence-corrected chi connectivity index (χ3v) is 10.7. The van der Waals surface area contributed by atoms with Crippen molar-refractivity contribution in [2.75, 3.05) is 0 Å². The topological polar surface area (TPSA) is 65.0 Å². The summed E-state index contributed by atoms with van der Waals surface area (Å²) in [6.07, 6.45) is 5.45. The fourth-order valence-corrected chi connectivity index (χ4v) is 8.21. The predicted octanol–water partition coefficient (Wildman–Crippen LogP) is 13.0. The van der Waals surface area contributed by atoms with Gasteiger partial charge in [-0.3, -0.25) is 0 Å². The molecule has 0 N–H and O–H groups in total. The first-order valence-corrected chi connectivity index (χ1v) is 18.1. The largest absolute Gasteiger partial charge is 0.460 e. The third kappa shape index (κ3) is 4.67. The Bertz CT molecular complexity index is 3120. The fraction of sp³-hybridized carbons (Fsp3) is 0.0625. The molecule has 5 nitrogen and oxygen atoms in total. The van der Waals surface area contributed by atoms with Crippen LogP contribution < -0.4 is 0 Å². The highest BCUT2D eigenvalue weighted by molar-refractivity contribution is 6.15. The molecule has 3 heterocycles. The van der Waals surface area contributed by atoms with E-state index in [1.54, 1.807) is 0 Å². The summed E-state index contributed by atoms with van der Waals surface area (Å²) >= 11 is 0. The molecule has 0 spiro atoms. The molecule has 1 aliphatic carbocycles. The van der Waals surface area contributed by atoms with E-state index < -0.39 is 0 Å². The van der Waals surface area contributed by atoms with Crippen LogP contribution in [0.5, 0.6) is 0 Å². The molecular weight excluding hydrogens is 651 g/mol. The van der Waals surface area contributed by atoms with Crippen molar-refractivity contribution in [1.82, 2.24) is 15.0 Å². The van der Waals surface area contributed by atoms with Crippen molar-refractivity contribution in [3.8, 4) is 45.3 Å². The van der Waals surface area contributed by atoms with Crippen LogP contribution in [0.15, 0.2) is 154 Å². The number of allylic oxidation sites excluding steroid dienone is 1. The Kier molecular flexibility index (Phi) is 6.52. The molecule has 10 aromatic rings. The summed E-state index contributed by atoms with van der Waals surface area (Å²) in [6, 6.07) is 48.3. The summed E-state index contributed by atoms with van der Waals surface area (Å²) in [5.74, 6) is 3.26. The van der Waals surface area contributed by atoms with E-state index in [1.165, 1.54) is 16.3 Å². The van der Waals surface area contributed by atoms with E-state index in [4.69, 9.17) is 23.8 Å². The Morgan fingerprint density at radius 1 is 0.491 bits per heavy atom. The number of hydrogen-bond acceptors (Lipinski definition) is 5. The van der Waals surface area contributed by atoms with Gasteiger partial charge in [-0.05, 0) is 69.4 Å². The van der Waals surface area contributed by atoms with Gasteiger partial charge in [-0.1, -0.05) is 128 Å². The van der Waals surface area contributed by atoms with E-state index in [0.29, 0.717) is 23.4 Å². The maximum absolute atomic E-state index is 6.63. The van der Waals surface area contributed by atoms with Crippen LogP contribution in [0.3, 0.4) is 0 Å². The summed E-state index contributed by atoms with van der Waals surface area (Å²) in [4.78, 5) is 15.5. The van der Waals surface area contributed by atoms with Crippen molar-refractivity contribution < 1.29 is 8.83 Å². The number of furan rings is 2. The minimum absolute atomic E-state index is 0.352. The summed E-state index contributed by atoms with van der Waals surface area (Å²) in [6.45, 7) is 2.23. The van der Waals surface area contributed by atoms with Crippen molar-refractivity contribution in [3.05, 3.63) is 157 Å². The Hall–Kier alpha value is -6.85. The van der Waals surface area contributed by atoms with Gasteiger partial charge in [-0.2, -0.15) is 0 Å². The Morgan fingerprint density at radius 2 is 1.19 bits per heavy atom. The molecule has 53 heavy (non-hydrogen) atoms. The van der Waals surface area contributed by atoms with Crippen LogP contribution in [0.2, 0.25) is 0 Å². The van der Waals surface area contributed by atoms with Gasteiger partial charge in [0.2, 0.25) is 0 Å². The maximum Gasteiger partial charge on any atom is 0.164 e. The van der Waals surface area contributed by atoms with E-state index in [2.05, 4.69) is 116 Å². The number of aromatic nitrogens is 3. The highest BCUT2D eigenvalue weighted by atomic mass is 16.3. The minimum atomic E-state index is 0.352. The van der Waals surface area contributed by atoms with Gasteiger partial charge in [0, 0.05) is 44.3 Å². The quantitative estimate of drug-likeness (QED) is 0.173. The van der Waals surface area contributed by atoms with Crippen LogP contribution in [0.1, 0.15) is 30.6 Å². The predicted molar refractivity (Wildman–Crippen MR) is 216 cm³/mol. The summed E-state index contributed by atoms with van der Waals surface area (Å²) in [5.41, 5.74) is 8.68. The average molecular weight is 682 g/mol. The summed E-state index contributed by atoms with van der Waals surface area (Å²) in [7, 11) is 0. The normalized spacial score (nSPS) is 14.2. The molecule has 0 saturated carbocycles. The van der Waals surface area contributed by atoms with Crippen LogP contribution in [0.4, 0.5) is 0 Å². The van der Waals surface area contributed by atoms with E-state index in [0.717, 1.165) is 83.7 Å². The molecule has 1 aliphatic rings. The van der Waals surface area contributed by atoms with E-state index in [1.807, 2.05) is 42.5 Å². The van der Waals surface area contributed by atoms with Crippen molar-refractivity contribution in [2.45, 2.75) is 19.3 Å². The number of hydrogen-bond donors (Lipinski definition) is 0. The van der Waals surface area contributed by atoms with Crippen LogP contribution in [0.25, 0.3) is 106 Å². The van der Waals surface area contributed by atoms with Gasteiger partial charge < -0.3 is 8.83 Å². The van der Waals surface area contributed by atoms with Crippen LogP contribution in [-0.2, 0) is 0 Å². The van der Waals surface area contributed by atoms with Crippen LogP contribution in [0, 0.1) is 0 Å². The SMILES string of the molecule is CC1CC=Cc2c1oc1cccc(-c3ccc4c(c3)oc3cccc(-c5nc(-c6ccccc6)nc(-c6cc7ccccc7c7ccccc67)n5)c34)c21. The van der Waals surface area contributed by atoms with Crippen molar-refractivity contribution >= 4 is 60.5 Å².